The van der Waals surface area contributed by atoms with E-state index in [2.05, 4.69) is 15.2 Å². The Morgan fingerprint density at radius 3 is 2.46 bits per heavy atom. The smallest absolute Gasteiger partial charge is 0.252 e. The van der Waals surface area contributed by atoms with Crippen LogP contribution in [0.5, 0.6) is 0 Å². The molecule has 3 aromatic rings. The van der Waals surface area contributed by atoms with Gasteiger partial charge in [0.25, 0.3) is 5.91 Å². The van der Waals surface area contributed by atoms with E-state index in [-0.39, 0.29) is 17.5 Å². The Morgan fingerprint density at radius 1 is 0.974 bits per heavy atom. The van der Waals surface area contributed by atoms with Gasteiger partial charge in [-0.15, -0.1) is 0 Å². The molecule has 2 aromatic carbocycles. The van der Waals surface area contributed by atoms with Gasteiger partial charge in [-0.2, -0.15) is 0 Å². The minimum atomic E-state index is -0.488. The van der Waals surface area contributed by atoms with E-state index in [1.807, 2.05) is 42.5 Å². The number of hydrogen-bond acceptors (Lipinski definition) is 4. The molecule has 1 amide bonds. The summed E-state index contributed by atoms with van der Waals surface area (Å²) in [6.45, 7) is 3.88. The summed E-state index contributed by atoms with van der Waals surface area (Å²) in [6.07, 6.45) is 10.4. The van der Waals surface area contributed by atoms with E-state index < -0.39 is 5.92 Å². The van der Waals surface area contributed by atoms with Crippen molar-refractivity contribution in [1.82, 2.24) is 15.2 Å². The average Bonchev–Trinajstić information content (AvgIpc) is 3.23. The number of halogens is 1. The van der Waals surface area contributed by atoms with E-state index in [9.17, 15) is 14.0 Å². The van der Waals surface area contributed by atoms with Crippen molar-refractivity contribution in [2.24, 2.45) is 0 Å². The Kier molecular flexibility index (Phi) is 8.94. The Morgan fingerprint density at radius 2 is 1.72 bits per heavy atom. The summed E-state index contributed by atoms with van der Waals surface area (Å²) in [5, 5.41) is 3.04. The molecule has 0 bridgehead atoms. The monoisotopic (exact) mass is 525 g/mol. The summed E-state index contributed by atoms with van der Waals surface area (Å²) in [5.74, 6) is -0.951. The van der Waals surface area contributed by atoms with Gasteiger partial charge >= 0.3 is 0 Å². The van der Waals surface area contributed by atoms with Gasteiger partial charge < -0.3 is 10.2 Å². The highest BCUT2D eigenvalue weighted by Gasteiger charge is 2.31. The van der Waals surface area contributed by atoms with Crippen molar-refractivity contribution >= 4 is 17.8 Å². The summed E-state index contributed by atoms with van der Waals surface area (Å²) in [7, 11) is 0. The van der Waals surface area contributed by atoms with Crippen molar-refractivity contribution < 1.29 is 14.0 Å². The van der Waals surface area contributed by atoms with Crippen LogP contribution >= 0.6 is 0 Å². The Bertz CT molecular complexity index is 1310. The summed E-state index contributed by atoms with van der Waals surface area (Å²) in [6, 6.07) is 18.0. The molecule has 1 aliphatic carbocycles. The second kappa shape index (κ2) is 12.9. The lowest BCUT2D eigenvalue weighted by atomic mass is 9.78. The highest BCUT2D eigenvalue weighted by Crippen LogP contribution is 2.34. The fourth-order valence-corrected chi connectivity index (χ4v) is 5.60. The molecule has 202 valence electrons. The molecule has 0 radical (unpaired) electrons. The van der Waals surface area contributed by atoms with Gasteiger partial charge in [-0.25, -0.2) is 4.39 Å². The molecule has 1 N–H and O–H groups in total. The van der Waals surface area contributed by atoms with Crippen LogP contribution in [0.3, 0.4) is 0 Å². The second-order valence-corrected chi connectivity index (χ2v) is 10.6. The quantitative estimate of drug-likeness (QED) is 0.361. The van der Waals surface area contributed by atoms with Crippen LogP contribution in [-0.2, 0) is 17.6 Å². The number of benzene rings is 2. The minimum Gasteiger partial charge on any atom is -0.352 e. The number of pyridine rings is 1. The lowest BCUT2D eigenvalue weighted by molar-refractivity contribution is -0.117. The summed E-state index contributed by atoms with van der Waals surface area (Å²) in [5.41, 5.74) is 4.53. The topological polar surface area (TPSA) is 62.3 Å². The van der Waals surface area contributed by atoms with Crippen LogP contribution in [0.15, 0.2) is 72.4 Å². The van der Waals surface area contributed by atoms with E-state index in [0.29, 0.717) is 36.2 Å². The number of allylic oxidation sites excluding steroid dienone is 1. The third-order valence-electron chi connectivity index (χ3n) is 7.76. The van der Waals surface area contributed by atoms with Crippen LogP contribution in [-0.4, -0.2) is 47.8 Å². The zero-order valence-corrected chi connectivity index (χ0v) is 22.4. The number of rotatable bonds is 9. The molecule has 2 heterocycles. The van der Waals surface area contributed by atoms with Crippen LogP contribution in [0.1, 0.15) is 70.8 Å². The number of Topliss-reactive ketones (excluding diaryl/α,β-unsaturated/α-hetero) is 1. The standard InChI is InChI=1S/C33H36FN3O2/c34-28-13-11-25(12-14-28)20-30-29-21-27(33(39)35-15-8-18-37-16-6-1-2-7-17-37)23-36-31(29)22-26(32(30)38)19-24-9-4-3-5-10-24/h3-5,9-14,21-23,30H,1-2,6-8,15-20H2,(H,35,39). The molecule has 0 spiro atoms. The average molecular weight is 526 g/mol. The molecule has 6 heteroatoms. The zero-order chi connectivity index (χ0) is 27.0. The largest absolute Gasteiger partial charge is 0.352 e. The number of nitrogens with zero attached hydrogens (tertiary/aromatic N) is 2. The van der Waals surface area contributed by atoms with Crippen molar-refractivity contribution in [3.05, 3.63) is 106 Å². The van der Waals surface area contributed by atoms with Gasteiger partial charge in [0.2, 0.25) is 0 Å². The third-order valence-corrected chi connectivity index (χ3v) is 7.76. The van der Waals surface area contributed by atoms with E-state index in [1.54, 1.807) is 18.3 Å². The summed E-state index contributed by atoms with van der Waals surface area (Å²) in [4.78, 5) is 33.9. The molecule has 2 aliphatic rings. The first-order valence-corrected chi connectivity index (χ1v) is 14.1. The number of hydrogen-bond donors (Lipinski definition) is 1. The molecular formula is C33H36FN3O2. The lowest BCUT2D eigenvalue weighted by Crippen LogP contribution is -2.31. The lowest BCUT2D eigenvalue weighted by Gasteiger charge is -2.25. The number of carbonyl (C=O) groups is 2. The molecule has 0 saturated carbocycles. The second-order valence-electron chi connectivity index (χ2n) is 10.6. The van der Waals surface area contributed by atoms with E-state index in [0.717, 1.165) is 42.7 Å². The summed E-state index contributed by atoms with van der Waals surface area (Å²) >= 11 is 0. The Balaban J connectivity index is 1.32. The highest BCUT2D eigenvalue weighted by atomic mass is 19.1. The third kappa shape index (κ3) is 7.07. The number of aromatic nitrogens is 1. The van der Waals surface area contributed by atoms with Gasteiger partial charge in [-0.1, -0.05) is 55.3 Å². The van der Waals surface area contributed by atoms with Gasteiger partial charge in [0, 0.05) is 24.7 Å². The van der Waals surface area contributed by atoms with Gasteiger partial charge in [0.15, 0.2) is 5.78 Å². The van der Waals surface area contributed by atoms with E-state index in [4.69, 9.17) is 0 Å². The highest BCUT2D eigenvalue weighted by molar-refractivity contribution is 6.07. The molecular weight excluding hydrogens is 489 g/mol. The Labute approximate surface area is 230 Å². The molecule has 1 atom stereocenters. The van der Waals surface area contributed by atoms with Crippen LogP contribution in [0, 0.1) is 5.82 Å². The van der Waals surface area contributed by atoms with Crippen molar-refractivity contribution in [3.63, 3.8) is 0 Å². The number of amides is 1. The van der Waals surface area contributed by atoms with Gasteiger partial charge in [0.05, 0.1) is 17.2 Å². The van der Waals surface area contributed by atoms with Crippen LogP contribution in [0.25, 0.3) is 6.08 Å². The number of nitrogens with one attached hydrogen (secondary N) is 1. The molecule has 5 nitrogen and oxygen atoms in total. The first kappa shape index (κ1) is 26.9. The fourth-order valence-electron chi connectivity index (χ4n) is 5.60. The van der Waals surface area contributed by atoms with Crippen molar-refractivity contribution in [1.29, 1.82) is 0 Å². The predicted molar refractivity (Wildman–Crippen MR) is 152 cm³/mol. The maximum Gasteiger partial charge on any atom is 0.252 e. The van der Waals surface area contributed by atoms with Crippen LogP contribution in [0.2, 0.25) is 0 Å². The molecule has 39 heavy (non-hydrogen) atoms. The van der Waals surface area contributed by atoms with Crippen molar-refractivity contribution in [2.75, 3.05) is 26.2 Å². The van der Waals surface area contributed by atoms with Gasteiger partial charge in [-0.05, 0) is 86.3 Å². The molecule has 1 fully saturated rings. The van der Waals surface area contributed by atoms with Crippen LogP contribution in [0.4, 0.5) is 4.39 Å². The number of fused-ring (bicyclic) bond motifs is 1. The minimum absolute atomic E-state index is 0.0208. The number of carbonyl (C=O) groups excluding carboxylic acids is 2. The van der Waals surface area contributed by atoms with Gasteiger partial charge in [0.1, 0.15) is 5.82 Å². The molecule has 1 unspecified atom stereocenters. The van der Waals surface area contributed by atoms with Crippen molar-refractivity contribution in [3.8, 4) is 0 Å². The van der Waals surface area contributed by atoms with Crippen molar-refractivity contribution in [2.45, 2.75) is 50.9 Å². The van der Waals surface area contributed by atoms with E-state index in [1.165, 1.54) is 37.8 Å². The zero-order valence-electron chi connectivity index (χ0n) is 22.4. The number of ketones is 1. The van der Waals surface area contributed by atoms with E-state index >= 15 is 0 Å². The normalized spacial score (nSPS) is 17.7. The summed E-state index contributed by atoms with van der Waals surface area (Å²) < 4.78 is 13.5. The molecule has 1 aromatic heterocycles. The van der Waals surface area contributed by atoms with Crippen LogP contribution < -0.4 is 5.32 Å². The maximum atomic E-state index is 13.8. The predicted octanol–water partition coefficient (Wildman–Crippen LogP) is 5.75. The fraction of sp³-hybridized carbons (Fsp3) is 0.364. The molecule has 5 rings (SSSR count). The van der Waals surface area contributed by atoms with Gasteiger partial charge in [-0.3, -0.25) is 14.6 Å². The maximum absolute atomic E-state index is 13.8. The molecule has 1 saturated heterocycles. The number of likely N-dealkylation sites (tertiary alicyclic amines) is 1. The Hall–Kier alpha value is -3.64. The first-order valence-electron chi connectivity index (χ1n) is 14.1. The molecule has 1 aliphatic heterocycles. The SMILES string of the molecule is O=C(NCCCN1CCCCCC1)c1cnc2c(c1)C(Cc1ccc(F)cc1)C(=O)C(Cc1ccccc1)=C2. The first-order chi connectivity index (χ1) is 19.1.